The number of benzene rings is 2. The summed E-state index contributed by atoms with van der Waals surface area (Å²) in [5.41, 5.74) is 2.77. The fraction of sp³-hybridized carbons (Fsp3) is 0.130. The zero-order valence-electron chi connectivity index (χ0n) is 16.3. The summed E-state index contributed by atoms with van der Waals surface area (Å²) in [4.78, 5) is 23.7. The largest absolute Gasteiger partial charge is 0.463 e. The molecule has 0 atom stereocenters. The number of esters is 1. The van der Waals surface area contributed by atoms with Crippen molar-refractivity contribution in [3.8, 4) is 11.3 Å². The van der Waals surface area contributed by atoms with Crippen LogP contribution >= 0.6 is 0 Å². The van der Waals surface area contributed by atoms with Crippen LogP contribution in [0.5, 0.6) is 0 Å². The molecule has 30 heavy (non-hydrogen) atoms. The fourth-order valence-corrected chi connectivity index (χ4v) is 3.03. The van der Waals surface area contributed by atoms with Gasteiger partial charge in [0.15, 0.2) is 0 Å². The Kier molecular flexibility index (Phi) is 5.52. The normalized spacial score (nSPS) is 11.2. The van der Waals surface area contributed by atoms with Crippen LogP contribution in [-0.2, 0) is 16.1 Å². The second kappa shape index (κ2) is 8.57. The maximum absolute atomic E-state index is 12.3. The van der Waals surface area contributed by atoms with E-state index in [4.69, 9.17) is 9.15 Å². The molecule has 0 spiro atoms. The molecule has 2 aromatic heterocycles. The predicted octanol–water partition coefficient (Wildman–Crippen LogP) is 3.68. The van der Waals surface area contributed by atoms with E-state index in [2.05, 4.69) is 10.3 Å². The molecule has 7 heteroatoms. The molecule has 4 rings (SSSR count). The summed E-state index contributed by atoms with van der Waals surface area (Å²) in [5, 5.41) is 9.14. The number of carbonyl (C=O) groups is 1. The molecule has 0 radical (unpaired) electrons. The van der Waals surface area contributed by atoms with E-state index in [0.717, 1.165) is 16.5 Å². The lowest BCUT2D eigenvalue weighted by molar-refractivity contribution is -0.137. The summed E-state index contributed by atoms with van der Waals surface area (Å²) in [5.74, 6) is -0.508. The van der Waals surface area contributed by atoms with E-state index >= 15 is 0 Å². The van der Waals surface area contributed by atoms with Gasteiger partial charge >= 0.3 is 11.6 Å². The minimum absolute atomic E-state index is 0.272. The molecule has 0 aliphatic rings. The third kappa shape index (κ3) is 4.35. The summed E-state index contributed by atoms with van der Waals surface area (Å²) in [7, 11) is 0. The van der Waals surface area contributed by atoms with Crippen LogP contribution in [0.2, 0.25) is 0 Å². The Morgan fingerprint density at radius 1 is 1.17 bits per heavy atom. The van der Waals surface area contributed by atoms with Gasteiger partial charge in [0.2, 0.25) is 0 Å². The fourth-order valence-electron chi connectivity index (χ4n) is 3.03. The van der Waals surface area contributed by atoms with E-state index in [9.17, 15) is 9.59 Å². The van der Waals surface area contributed by atoms with Gasteiger partial charge in [0, 0.05) is 17.0 Å². The first-order valence-corrected chi connectivity index (χ1v) is 9.49. The third-order valence-corrected chi connectivity index (χ3v) is 4.47. The van der Waals surface area contributed by atoms with E-state index in [0.29, 0.717) is 17.8 Å². The van der Waals surface area contributed by atoms with Crippen LogP contribution in [0.15, 0.2) is 76.1 Å². The number of rotatable bonds is 6. The molecule has 0 aliphatic carbocycles. The molecule has 4 aromatic rings. The van der Waals surface area contributed by atoms with Crippen LogP contribution in [-0.4, -0.2) is 27.6 Å². The summed E-state index contributed by atoms with van der Waals surface area (Å²) in [6, 6.07) is 17.1. The summed E-state index contributed by atoms with van der Waals surface area (Å²) in [6.45, 7) is 2.61. The van der Waals surface area contributed by atoms with Crippen LogP contribution in [0.1, 0.15) is 18.1 Å². The summed E-state index contributed by atoms with van der Waals surface area (Å²) < 4.78 is 12.0. The zero-order chi connectivity index (χ0) is 20.9. The summed E-state index contributed by atoms with van der Waals surface area (Å²) in [6.07, 6.45) is 4.45. The van der Waals surface area contributed by atoms with Gasteiger partial charge < -0.3 is 9.15 Å². The van der Waals surface area contributed by atoms with Crippen LogP contribution in [0.4, 0.5) is 0 Å². The molecule has 0 fully saturated rings. The molecule has 0 saturated heterocycles. The average molecular weight is 401 g/mol. The van der Waals surface area contributed by atoms with Crippen molar-refractivity contribution in [1.29, 1.82) is 0 Å². The van der Waals surface area contributed by atoms with Crippen molar-refractivity contribution >= 4 is 23.0 Å². The topological polar surface area (TPSA) is 87.2 Å². The molecule has 0 unspecified atom stereocenters. The van der Waals surface area contributed by atoms with Gasteiger partial charge in [0.25, 0.3) is 0 Å². The number of hydrogen-bond acceptors (Lipinski definition) is 6. The molecule has 2 heterocycles. The maximum atomic E-state index is 12.3. The standard InChI is InChI=1S/C23H19N3O4/c1-2-29-22(27)11-10-19-12-18-9-8-17(13-21(18)30-23(19)28)20-15-26(25-24-20)14-16-6-4-3-5-7-16/h3-13,15H,2,14H2,1H3/b11-10+. The Morgan fingerprint density at radius 3 is 2.80 bits per heavy atom. The average Bonchev–Trinajstić information content (AvgIpc) is 3.21. The molecule has 2 aromatic carbocycles. The Bertz CT molecular complexity index is 1270. The van der Waals surface area contributed by atoms with E-state index in [1.165, 1.54) is 12.2 Å². The van der Waals surface area contributed by atoms with Crippen LogP contribution in [0.3, 0.4) is 0 Å². The lowest BCUT2D eigenvalue weighted by Gasteiger charge is -2.02. The number of ether oxygens (including phenoxy) is 1. The van der Waals surface area contributed by atoms with E-state index in [1.54, 1.807) is 23.7 Å². The van der Waals surface area contributed by atoms with Crippen molar-refractivity contribution in [3.63, 3.8) is 0 Å². The minimum Gasteiger partial charge on any atom is -0.463 e. The molecule has 0 aliphatic heterocycles. The van der Waals surface area contributed by atoms with Crippen molar-refractivity contribution < 1.29 is 13.9 Å². The maximum Gasteiger partial charge on any atom is 0.343 e. The monoisotopic (exact) mass is 401 g/mol. The van der Waals surface area contributed by atoms with Crippen LogP contribution in [0, 0.1) is 0 Å². The number of aromatic nitrogens is 3. The molecule has 0 bridgehead atoms. The zero-order valence-corrected chi connectivity index (χ0v) is 16.3. The second-order valence-electron chi connectivity index (χ2n) is 6.61. The van der Waals surface area contributed by atoms with E-state index < -0.39 is 11.6 Å². The SMILES string of the molecule is CCOC(=O)/C=C/c1cc2ccc(-c3cn(Cc4ccccc4)nn3)cc2oc1=O. The van der Waals surface area contributed by atoms with Crippen molar-refractivity contribution in [2.45, 2.75) is 13.5 Å². The van der Waals surface area contributed by atoms with Crippen LogP contribution in [0.25, 0.3) is 28.3 Å². The summed E-state index contributed by atoms with van der Waals surface area (Å²) >= 11 is 0. The Morgan fingerprint density at radius 2 is 2.00 bits per heavy atom. The third-order valence-electron chi connectivity index (χ3n) is 4.47. The minimum atomic E-state index is -0.534. The van der Waals surface area contributed by atoms with Gasteiger partial charge in [-0.25, -0.2) is 14.3 Å². The first kappa shape index (κ1) is 19.3. The van der Waals surface area contributed by atoms with Crippen molar-refractivity contribution in [3.05, 3.63) is 88.4 Å². The number of nitrogens with zero attached hydrogens (tertiary/aromatic N) is 3. The molecule has 0 N–H and O–H groups in total. The molecule has 0 amide bonds. The van der Waals surface area contributed by atoms with Crippen LogP contribution < -0.4 is 5.63 Å². The van der Waals surface area contributed by atoms with Gasteiger partial charge in [-0.2, -0.15) is 0 Å². The highest BCUT2D eigenvalue weighted by Crippen LogP contribution is 2.23. The van der Waals surface area contributed by atoms with Gasteiger partial charge in [0.1, 0.15) is 11.3 Å². The number of fused-ring (bicyclic) bond motifs is 1. The van der Waals surface area contributed by atoms with E-state index in [1.807, 2.05) is 48.7 Å². The molecule has 7 nitrogen and oxygen atoms in total. The van der Waals surface area contributed by atoms with Gasteiger partial charge in [-0.05, 0) is 30.7 Å². The van der Waals surface area contributed by atoms with Crippen molar-refractivity contribution in [2.24, 2.45) is 0 Å². The van der Waals surface area contributed by atoms with Gasteiger partial charge in [-0.1, -0.05) is 47.7 Å². The molecular formula is C23H19N3O4. The lowest BCUT2D eigenvalue weighted by Crippen LogP contribution is -2.04. The number of carbonyl (C=O) groups excluding carboxylic acids is 1. The Balaban J connectivity index is 1.59. The smallest absolute Gasteiger partial charge is 0.343 e. The highest BCUT2D eigenvalue weighted by Gasteiger charge is 2.09. The predicted molar refractivity (Wildman–Crippen MR) is 113 cm³/mol. The first-order valence-electron chi connectivity index (χ1n) is 9.49. The Hall–Kier alpha value is -4.00. The molecule has 0 saturated carbocycles. The van der Waals surface area contributed by atoms with Crippen molar-refractivity contribution in [2.75, 3.05) is 6.61 Å². The second-order valence-corrected chi connectivity index (χ2v) is 6.61. The van der Waals surface area contributed by atoms with Gasteiger partial charge in [0.05, 0.1) is 24.9 Å². The first-order chi connectivity index (χ1) is 14.6. The Labute approximate surface area is 172 Å². The highest BCUT2D eigenvalue weighted by atomic mass is 16.5. The van der Waals surface area contributed by atoms with Crippen molar-refractivity contribution in [1.82, 2.24) is 15.0 Å². The molecular weight excluding hydrogens is 382 g/mol. The van der Waals surface area contributed by atoms with Gasteiger partial charge in [-0.3, -0.25) is 0 Å². The van der Waals surface area contributed by atoms with E-state index in [-0.39, 0.29) is 12.2 Å². The molecule has 150 valence electrons. The van der Waals surface area contributed by atoms with Gasteiger partial charge in [-0.15, -0.1) is 5.10 Å². The highest BCUT2D eigenvalue weighted by molar-refractivity contribution is 5.88. The number of hydrogen-bond donors (Lipinski definition) is 0. The lowest BCUT2D eigenvalue weighted by atomic mass is 10.1. The quantitative estimate of drug-likeness (QED) is 0.278.